The van der Waals surface area contributed by atoms with Gasteiger partial charge in [0.1, 0.15) is 5.60 Å². The highest BCUT2D eigenvalue weighted by Crippen LogP contribution is 2.37. The molecule has 1 N–H and O–H groups in total. The predicted molar refractivity (Wildman–Crippen MR) is 93.8 cm³/mol. The summed E-state index contributed by atoms with van der Waals surface area (Å²) in [6.07, 6.45) is 4.17. The summed E-state index contributed by atoms with van der Waals surface area (Å²) < 4.78 is 5.60. The van der Waals surface area contributed by atoms with Gasteiger partial charge >= 0.3 is 6.09 Å². The number of aryl methyl sites for hydroxylation is 1. The van der Waals surface area contributed by atoms with Gasteiger partial charge in [-0.05, 0) is 75.3 Å². The highest BCUT2D eigenvalue weighted by atomic mass is 32.1. The molecule has 128 valence electrons. The zero-order chi connectivity index (χ0) is 16.6. The lowest BCUT2D eigenvalue weighted by Gasteiger charge is -2.39. The first-order valence-electron chi connectivity index (χ1n) is 8.60. The number of amides is 1. The maximum Gasteiger partial charge on any atom is 0.410 e. The summed E-state index contributed by atoms with van der Waals surface area (Å²) in [6, 6.07) is 1.18. The lowest BCUT2D eigenvalue weighted by molar-refractivity contribution is 0.00466. The van der Waals surface area contributed by atoms with Crippen molar-refractivity contribution in [3.8, 4) is 0 Å². The number of nitrogens with zero attached hydrogens (tertiary/aromatic N) is 1. The molecule has 1 aromatic heterocycles. The molecule has 2 bridgehead atoms. The van der Waals surface area contributed by atoms with E-state index >= 15 is 0 Å². The van der Waals surface area contributed by atoms with E-state index in [0.29, 0.717) is 18.1 Å². The molecule has 4 nitrogen and oxygen atoms in total. The van der Waals surface area contributed by atoms with Crippen molar-refractivity contribution in [3.05, 3.63) is 21.9 Å². The van der Waals surface area contributed by atoms with Gasteiger partial charge in [0.15, 0.2) is 0 Å². The molecule has 5 heteroatoms. The SMILES string of the molecule is Cc1cscc1CNC1CC2CCC(C1)N2C(=O)OC(C)(C)C. The first-order chi connectivity index (χ1) is 10.8. The third-order valence-electron chi connectivity index (χ3n) is 4.88. The molecule has 2 fully saturated rings. The van der Waals surface area contributed by atoms with Crippen LogP contribution in [0.2, 0.25) is 0 Å². The number of fused-ring (bicyclic) bond motifs is 2. The van der Waals surface area contributed by atoms with Crippen LogP contribution in [0.15, 0.2) is 10.8 Å². The lowest BCUT2D eigenvalue weighted by Crippen LogP contribution is -2.52. The van der Waals surface area contributed by atoms with Crippen LogP contribution >= 0.6 is 11.3 Å². The lowest BCUT2D eigenvalue weighted by atomic mass is 9.97. The van der Waals surface area contributed by atoms with Crippen molar-refractivity contribution in [2.75, 3.05) is 0 Å². The van der Waals surface area contributed by atoms with Crippen LogP contribution in [0, 0.1) is 6.92 Å². The second-order valence-corrected chi connectivity index (χ2v) is 8.65. The van der Waals surface area contributed by atoms with Crippen LogP contribution in [0.25, 0.3) is 0 Å². The van der Waals surface area contributed by atoms with Gasteiger partial charge in [0.25, 0.3) is 0 Å². The standard InChI is InChI=1S/C18H28N2O2S/c1-12-10-23-11-13(12)9-19-14-7-15-5-6-16(8-14)20(15)17(21)22-18(2,3)4/h10-11,14-16,19H,5-9H2,1-4H3. The van der Waals surface area contributed by atoms with Crippen LogP contribution in [0.5, 0.6) is 0 Å². The van der Waals surface area contributed by atoms with Gasteiger partial charge in [-0.1, -0.05) is 0 Å². The maximum atomic E-state index is 12.5. The quantitative estimate of drug-likeness (QED) is 0.904. The molecule has 3 heterocycles. The van der Waals surface area contributed by atoms with E-state index in [1.165, 1.54) is 11.1 Å². The molecule has 23 heavy (non-hydrogen) atoms. The van der Waals surface area contributed by atoms with Gasteiger partial charge in [0.05, 0.1) is 0 Å². The highest BCUT2D eigenvalue weighted by Gasteiger charge is 2.44. The average molecular weight is 337 g/mol. The molecule has 1 amide bonds. The van der Waals surface area contributed by atoms with E-state index in [9.17, 15) is 4.79 Å². The first kappa shape index (κ1) is 16.8. The van der Waals surface area contributed by atoms with Crippen LogP contribution in [-0.2, 0) is 11.3 Å². The Morgan fingerprint density at radius 3 is 2.48 bits per heavy atom. The van der Waals surface area contributed by atoms with Gasteiger partial charge < -0.3 is 15.0 Å². The highest BCUT2D eigenvalue weighted by molar-refractivity contribution is 7.08. The molecule has 3 rings (SSSR count). The van der Waals surface area contributed by atoms with E-state index in [1.54, 1.807) is 11.3 Å². The second kappa shape index (κ2) is 6.44. The summed E-state index contributed by atoms with van der Waals surface area (Å²) in [7, 11) is 0. The van der Waals surface area contributed by atoms with Crippen molar-refractivity contribution in [1.82, 2.24) is 10.2 Å². The number of carbonyl (C=O) groups excluding carboxylic acids is 1. The third-order valence-corrected chi connectivity index (χ3v) is 5.79. The Balaban J connectivity index is 1.56. The molecule has 2 saturated heterocycles. The largest absolute Gasteiger partial charge is 0.444 e. The number of piperidine rings is 1. The minimum absolute atomic E-state index is 0.128. The number of rotatable bonds is 3. The minimum atomic E-state index is -0.415. The van der Waals surface area contributed by atoms with Crippen LogP contribution in [-0.4, -0.2) is 34.7 Å². The first-order valence-corrected chi connectivity index (χ1v) is 9.54. The van der Waals surface area contributed by atoms with Crippen molar-refractivity contribution >= 4 is 17.4 Å². The molecule has 0 aliphatic carbocycles. The summed E-state index contributed by atoms with van der Waals surface area (Å²) in [5, 5.41) is 8.13. The molecule has 0 saturated carbocycles. The molecular formula is C18H28N2O2S. The number of hydrogen-bond acceptors (Lipinski definition) is 4. The van der Waals surface area contributed by atoms with Crippen molar-refractivity contribution in [3.63, 3.8) is 0 Å². The summed E-state index contributed by atoms with van der Waals surface area (Å²) >= 11 is 1.77. The zero-order valence-electron chi connectivity index (χ0n) is 14.6. The number of ether oxygens (including phenoxy) is 1. The average Bonchev–Trinajstić information content (AvgIpc) is 2.96. The van der Waals surface area contributed by atoms with Crippen molar-refractivity contribution < 1.29 is 9.53 Å². The number of carbonyl (C=O) groups is 1. The fraction of sp³-hybridized carbons (Fsp3) is 0.722. The molecule has 0 radical (unpaired) electrons. The van der Waals surface area contributed by atoms with Crippen LogP contribution in [0.4, 0.5) is 4.79 Å². The summed E-state index contributed by atoms with van der Waals surface area (Å²) in [5.74, 6) is 0. The smallest absolute Gasteiger partial charge is 0.410 e. The van der Waals surface area contributed by atoms with Gasteiger partial charge in [-0.25, -0.2) is 4.79 Å². The number of hydrogen-bond donors (Lipinski definition) is 1. The molecule has 0 aromatic carbocycles. The molecular weight excluding hydrogens is 308 g/mol. The molecule has 2 aliphatic heterocycles. The molecule has 2 aliphatic rings. The Kier molecular flexibility index (Phi) is 4.70. The van der Waals surface area contributed by atoms with Crippen LogP contribution < -0.4 is 5.32 Å². The molecule has 0 spiro atoms. The van der Waals surface area contributed by atoms with Gasteiger partial charge in [0, 0.05) is 24.7 Å². The van der Waals surface area contributed by atoms with E-state index in [1.807, 2.05) is 25.7 Å². The minimum Gasteiger partial charge on any atom is -0.444 e. The van der Waals surface area contributed by atoms with E-state index in [2.05, 4.69) is 23.0 Å². The monoisotopic (exact) mass is 336 g/mol. The fourth-order valence-electron chi connectivity index (χ4n) is 3.78. The van der Waals surface area contributed by atoms with E-state index < -0.39 is 5.60 Å². The van der Waals surface area contributed by atoms with Crippen molar-refractivity contribution in [1.29, 1.82) is 0 Å². The van der Waals surface area contributed by atoms with Crippen molar-refractivity contribution in [2.24, 2.45) is 0 Å². The Hall–Kier alpha value is -1.07. The van der Waals surface area contributed by atoms with E-state index in [0.717, 1.165) is 32.2 Å². The van der Waals surface area contributed by atoms with Crippen LogP contribution in [0.1, 0.15) is 57.6 Å². The molecule has 2 atom stereocenters. The summed E-state index contributed by atoms with van der Waals surface area (Å²) in [6.45, 7) is 8.91. The topological polar surface area (TPSA) is 41.6 Å². The summed E-state index contributed by atoms with van der Waals surface area (Å²) in [4.78, 5) is 14.5. The Bertz CT molecular complexity index is 550. The number of thiophene rings is 1. The third kappa shape index (κ3) is 3.89. The predicted octanol–water partition coefficient (Wildman–Crippen LogP) is 4.08. The number of nitrogens with one attached hydrogen (secondary N) is 1. The molecule has 2 unspecified atom stereocenters. The molecule has 1 aromatic rings. The second-order valence-electron chi connectivity index (χ2n) is 7.90. The van der Waals surface area contributed by atoms with Gasteiger partial charge in [-0.3, -0.25) is 0 Å². The van der Waals surface area contributed by atoms with E-state index in [-0.39, 0.29) is 6.09 Å². The van der Waals surface area contributed by atoms with Crippen LogP contribution in [0.3, 0.4) is 0 Å². The zero-order valence-corrected chi connectivity index (χ0v) is 15.4. The van der Waals surface area contributed by atoms with Gasteiger partial charge in [-0.2, -0.15) is 11.3 Å². The Morgan fingerprint density at radius 2 is 1.96 bits per heavy atom. The van der Waals surface area contributed by atoms with Gasteiger partial charge in [-0.15, -0.1) is 0 Å². The Labute approximate surface area is 143 Å². The fourth-order valence-corrected chi connectivity index (χ4v) is 4.64. The van der Waals surface area contributed by atoms with Crippen molar-refractivity contribution in [2.45, 2.75) is 83.6 Å². The summed E-state index contributed by atoms with van der Waals surface area (Å²) in [5.41, 5.74) is 2.36. The maximum absolute atomic E-state index is 12.5. The normalized spacial score (nSPS) is 27.3. The van der Waals surface area contributed by atoms with E-state index in [4.69, 9.17) is 4.74 Å². The van der Waals surface area contributed by atoms with Gasteiger partial charge in [0.2, 0.25) is 0 Å². The Morgan fingerprint density at radius 1 is 1.30 bits per heavy atom.